The van der Waals surface area contributed by atoms with Gasteiger partial charge < -0.3 is 19.5 Å². The molecule has 1 N–H and O–H groups in total. The first-order valence-electron chi connectivity index (χ1n) is 11.6. The number of aliphatic hydroxyl groups excluding tert-OH is 1. The molecule has 1 heterocycles. The molecule has 5 heteroatoms. The van der Waals surface area contributed by atoms with Crippen LogP contribution in [0, 0.1) is 5.92 Å². The van der Waals surface area contributed by atoms with Crippen molar-refractivity contribution in [2.45, 2.75) is 32.7 Å². The van der Waals surface area contributed by atoms with Crippen LogP contribution in [0.2, 0.25) is 0 Å². The average molecular weight is 427 g/mol. The Hall–Kier alpha value is -2.08. The van der Waals surface area contributed by atoms with Gasteiger partial charge in [-0.05, 0) is 73.7 Å². The van der Waals surface area contributed by atoms with Crippen LogP contribution in [0.3, 0.4) is 0 Å². The van der Waals surface area contributed by atoms with E-state index in [0.717, 1.165) is 50.0 Å². The number of ether oxygens (including phenoxy) is 2. The van der Waals surface area contributed by atoms with E-state index in [9.17, 15) is 0 Å². The van der Waals surface area contributed by atoms with Gasteiger partial charge in [-0.1, -0.05) is 31.2 Å². The molecular weight excluding hydrogens is 388 g/mol. The predicted molar refractivity (Wildman–Crippen MR) is 126 cm³/mol. The highest BCUT2D eigenvalue weighted by molar-refractivity contribution is 5.29. The number of likely N-dealkylation sites (tertiary alicyclic amines) is 1. The standard InChI is InChI=1S/C26H38N2O3/c1-3-27(19-23-9-11-25(12-10-23)31-17-16-29)20-24-7-5-14-28(21-24)15-13-22-6-4-8-26(18-22)30-2/h4,6,8-12,18,24,29H,3,5,7,13-17,19-21H2,1-2H3/t24-/m1/s1. The predicted octanol–water partition coefficient (Wildman–Crippen LogP) is 3.84. The normalized spacial score (nSPS) is 17.1. The summed E-state index contributed by atoms with van der Waals surface area (Å²) < 4.78 is 10.8. The molecule has 0 spiro atoms. The lowest BCUT2D eigenvalue weighted by Gasteiger charge is -2.35. The number of nitrogens with zero attached hydrogens (tertiary/aromatic N) is 2. The van der Waals surface area contributed by atoms with Gasteiger partial charge in [0.1, 0.15) is 18.1 Å². The number of hydrogen-bond donors (Lipinski definition) is 1. The third-order valence-electron chi connectivity index (χ3n) is 6.11. The topological polar surface area (TPSA) is 45.2 Å². The molecule has 0 bridgehead atoms. The lowest BCUT2D eigenvalue weighted by atomic mass is 9.96. The lowest BCUT2D eigenvalue weighted by Crippen LogP contribution is -2.41. The van der Waals surface area contributed by atoms with Crippen LogP contribution in [-0.2, 0) is 13.0 Å². The summed E-state index contributed by atoms with van der Waals surface area (Å²) in [6.45, 7) is 9.33. The van der Waals surface area contributed by atoms with Gasteiger partial charge in [-0.25, -0.2) is 0 Å². The van der Waals surface area contributed by atoms with Crippen molar-refractivity contribution in [1.82, 2.24) is 9.80 Å². The van der Waals surface area contributed by atoms with Gasteiger partial charge >= 0.3 is 0 Å². The quantitative estimate of drug-likeness (QED) is 0.559. The maximum Gasteiger partial charge on any atom is 0.119 e. The van der Waals surface area contributed by atoms with Crippen molar-refractivity contribution in [2.75, 3.05) is 53.0 Å². The maximum atomic E-state index is 8.88. The van der Waals surface area contributed by atoms with Crippen LogP contribution in [0.4, 0.5) is 0 Å². The monoisotopic (exact) mass is 426 g/mol. The molecule has 0 unspecified atom stereocenters. The fourth-order valence-corrected chi connectivity index (χ4v) is 4.40. The average Bonchev–Trinajstić information content (AvgIpc) is 2.82. The summed E-state index contributed by atoms with van der Waals surface area (Å²) in [6.07, 6.45) is 3.68. The minimum absolute atomic E-state index is 0.0450. The van der Waals surface area contributed by atoms with Crippen LogP contribution >= 0.6 is 0 Å². The molecule has 1 aliphatic heterocycles. The largest absolute Gasteiger partial charge is 0.497 e. The Kier molecular flexibility index (Phi) is 9.66. The third kappa shape index (κ3) is 7.84. The summed E-state index contributed by atoms with van der Waals surface area (Å²) in [5.74, 6) is 2.49. The molecule has 31 heavy (non-hydrogen) atoms. The molecule has 0 aromatic heterocycles. The summed E-state index contributed by atoms with van der Waals surface area (Å²) in [4.78, 5) is 5.19. The Balaban J connectivity index is 1.46. The van der Waals surface area contributed by atoms with Crippen LogP contribution < -0.4 is 9.47 Å². The number of methoxy groups -OCH3 is 1. The van der Waals surface area contributed by atoms with Gasteiger partial charge in [0.2, 0.25) is 0 Å². The molecule has 0 radical (unpaired) electrons. The van der Waals surface area contributed by atoms with E-state index in [1.54, 1.807) is 7.11 Å². The van der Waals surface area contributed by atoms with Crippen LogP contribution in [0.1, 0.15) is 30.9 Å². The second-order valence-corrected chi connectivity index (χ2v) is 8.45. The molecule has 0 amide bonds. The van der Waals surface area contributed by atoms with Crippen LogP contribution in [-0.4, -0.2) is 68.0 Å². The first-order chi connectivity index (χ1) is 15.2. The molecule has 1 atom stereocenters. The fraction of sp³-hybridized carbons (Fsp3) is 0.538. The zero-order valence-corrected chi connectivity index (χ0v) is 19.1. The Morgan fingerprint density at radius 3 is 2.68 bits per heavy atom. The smallest absolute Gasteiger partial charge is 0.119 e. The van der Waals surface area contributed by atoms with E-state index in [2.05, 4.69) is 47.1 Å². The van der Waals surface area contributed by atoms with E-state index >= 15 is 0 Å². The number of rotatable bonds is 12. The second kappa shape index (κ2) is 12.7. The van der Waals surface area contributed by atoms with E-state index in [0.29, 0.717) is 6.61 Å². The summed E-state index contributed by atoms with van der Waals surface area (Å²) in [5, 5.41) is 8.88. The van der Waals surface area contributed by atoms with Crippen LogP contribution in [0.5, 0.6) is 11.5 Å². The number of benzene rings is 2. The van der Waals surface area contributed by atoms with Gasteiger partial charge in [0.15, 0.2) is 0 Å². The summed E-state index contributed by atoms with van der Waals surface area (Å²) >= 11 is 0. The van der Waals surface area contributed by atoms with Gasteiger partial charge in [-0.3, -0.25) is 4.90 Å². The van der Waals surface area contributed by atoms with Crippen molar-refractivity contribution < 1.29 is 14.6 Å². The number of piperidine rings is 1. The molecular formula is C26H38N2O3. The minimum atomic E-state index is 0.0450. The molecule has 1 aliphatic rings. The third-order valence-corrected chi connectivity index (χ3v) is 6.11. The summed E-state index contributed by atoms with van der Waals surface area (Å²) in [6, 6.07) is 16.7. The first kappa shape index (κ1) is 23.6. The molecule has 1 fully saturated rings. The molecule has 0 saturated carbocycles. The van der Waals surface area contributed by atoms with Crippen molar-refractivity contribution in [1.29, 1.82) is 0 Å². The molecule has 0 aliphatic carbocycles. The second-order valence-electron chi connectivity index (χ2n) is 8.45. The van der Waals surface area contributed by atoms with Crippen LogP contribution in [0.15, 0.2) is 48.5 Å². The van der Waals surface area contributed by atoms with E-state index in [4.69, 9.17) is 14.6 Å². The fourth-order valence-electron chi connectivity index (χ4n) is 4.40. The summed E-state index contributed by atoms with van der Waals surface area (Å²) in [5.41, 5.74) is 2.66. The van der Waals surface area contributed by atoms with Gasteiger partial charge in [0.25, 0.3) is 0 Å². The first-order valence-corrected chi connectivity index (χ1v) is 11.6. The molecule has 2 aromatic carbocycles. The summed E-state index contributed by atoms with van der Waals surface area (Å²) in [7, 11) is 1.73. The molecule has 170 valence electrons. The van der Waals surface area contributed by atoms with Crippen molar-refractivity contribution in [2.24, 2.45) is 5.92 Å². The minimum Gasteiger partial charge on any atom is -0.497 e. The van der Waals surface area contributed by atoms with E-state index in [1.807, 2.05) is 18.2 Å². The Morgan fingerprint density at radius 1 is 1.10 bits per heavy atom. The number of hydrogen-bond acceptors (Lipinski definition) is 5. The van der Waals surface area contributed by atoms with E-state index in [1.165, 1.54) is 37.1 Å². The maximum absolute atomic E-state index is 8.88. The zero-order chi connectivity index (χ0) is 21.9. The highest BCUT2D eigenvalue weighted by Crippen LogP contribution is 2.21. The van der Waals surface area contributed by atoms with Crippen molar-refractivity contribution >= 4 is 0 Å². The molecule has 3 rings (SSSR count). The zero-order valence-electron chi connectivity index (χ0n) is 19.1. The highest BCUT2D eigenvalue weighted by Gasteiger charge is 2.21. The Bertz CT molecular complexity index is 766. The molecule has 2 aromatic rings. The van der Waals surface area contributed by atoms with Gasteiger partial charge in [0, 0.05) is 26.2 Å². The Morgan fingerprint density at radius 2 is 1.94 bits per heavy atom. The Labute approximate surface area is 187 Å². The van der Waals surface area contributed by atoms with Gasteiger partial charge in [0.05, 0.1) is 13.7 Å². The van der Waals surface area contributed by atoms with E-state index < -0.39 is 0 Å². The van der Waals surface area contributed by atoms with Crippen LogP contribution in [0.25, 0.3) is 0 Å². The van der Waals surface area contributed by atoms with Crippen molar-refractivity contribution in [3.63, 3.8) is 0 Å². The van der Waals surface area contributed by atoms with E-state index in [-0.39, 0.29) is 6.61 Å². The molecule has 5 nitrogen and oxygen atoms in total. The lowest BCUT2D eigenvalue weighted by molar-refractivity contribution is 0.133. The van der Waals surface area contributed by atoms with Crippen molar-refractivity contribution in [3.05, 3.63) is 59.7 Å². The van der Waals surface area contributed by atoms with Crippen molar-refractivity contribution in [3.8, 4) is 11.5 Å². The highest BCUT2D eigenvalue weighted by atomic mass is 16.5. The van der Waals surface area contributed by atoms with Gasteiger partial charge in [-0.2, -0.15) is 0 Å². The SMILES string of the molecule is CCN(Cc1ccc(OCCO)cc1)C[C@H]1CCCN(CCc2cccc(OC)c2)C1. The molecule has 1 saturated heterocycles. The number of aliphatic hydroxyl groups is 1. The van der Waals surface area contributed by atoms with Gasteiger partial charge in [-0.15, -0.1) is 0 Å².